The highest BCUT2D eigenvalue weighted by Crippen LogP contribution is 2.27. The first-order valence-corrected chi connectivity index (χ1v) is 11.3. The topological polar surface area (TPSA) is 72.3 Å². The van der Waals surface area contributed by atoms with Crippen LogP contribution in [-0.4, -0.2) is 47.6 Å². The molecule has 0 aliphatic carbocycles. The maximum absolute atomic E-state index is 12.7. The average molecular weight is 487 g/mol. The summed E-state index contributed by atoms with van der Waals surface area (Å²) in [5.74, 6) is 0.320. The summed E-state index contributed by atoms with van der Waals surface area (Å²) in [6, 6.07) is 7.40. The number of aryl methyl sites for hydroxylation is 1. The van der Waals surface area contributed by atoms with Crippen molar-refractivity contribution in [2.75, 3.05) is 18.6 Å². The summed E-state index contributed by atoms with van der Waals surface area (Å²) in [4.78, 5) is 14.4. The van der Waals surface area contributed by atoms with Gasteiger partial charge in [-0.1, -0.05) is 6.07 Å². The summed E-state index contributed by atoms with van der Waals surface area (Å²) in [6.45, 7) is 4.30. The second-order valence-corrected chi connectivity index (χ2v) is 10.3. The zero-order chi connectivity index (χ0) is 19.1. The van der Waals surface area contributed by atoms with Gasteiger partial charge in [0.25, 0.3) is 5.91 Å². The molecule has 2 heterocycles. The third kappa shape index (κ3) is 3.95. The van der Waals surface area contributed by atoms with Gasteiger partial charge in [0.2, 0.25) is 0 Å². The molecule has 0 bridgehead atoms. The molecule has 1 aromatic heterocycles. The Hall–Kier alpha value is -1.42. The third-order valence-electron chi connectivity index (χ3n) is 4.84. The average Bonchev–Trinajstić information content (AvgIpc) is 3.07. The van der Waals surface area contributed by atoms with Crippen molar-refractivity contribution in [2.45, 2.75) is 32.9 Å². The third-order valence-corrected chi connectivity index (χ3v) is 7.26. The van der Waals surface area contributed by atoms with Crippen LogP contribution in [0.25, 0.3) is 0 Å². The van der Waals surface area contributed by atoms with Crippen LogP contribution >= 0.6 is 22.6 Å². The van der Waals surface area contributed by atoms with E-state index in [1.807, 2.05) is 42.8 Å². The van der Waals surface area contributed by atoms with Gasteiger partial charge >= 0.3 is 0 Å². The Morgan fingerprint density at radius 2 is 2.12 bits per heavy atom. The zero-order valence-corrected chi connectivity index (χ0v) is 18.0. The summed E-state index contributed by atoms with van der Waals surface area (Å²) < 4.78 is 26.4. The number of benzene rings is 1. The molecule has 1 atom stereocenters. The van der Waals surface area contributed by atoms with Crippen LogP contribution in [0.2, 0.25) is 0 Å². The Labute approximate surface area is 167 Å². The Morgan fingerprint density at radius 1 is 1.38 bits per heavy atom. The van der Waals surface area contributed by atoms with Gasteiger partial charge in [-0.15, -0.1) is 0 Å². The number of carbonyl (C=O) groups is 1. The maximum atomic E-state index is 12.7. The van der Waals surface area contributed by atoms with E-state index in [0.29, 0.717) is 18.5 Å². The predicted molar refractivity (Wildman–Crippen MR) is 109 cm³/mol. The minimum Gasteiger partial charge on any atom is -0.337 e. The lowest BCUT2D eigenvalue weighted by molar-refractivity contribution is 0.0784. The van der Waals surface area contributed by atoms with Crippen molar-refractivity contribution >= 4 is 38.3 Å². The molecule has 1 aliphatic heterocycles. The van der Waals surface area contributed by atoms with Crippen molar-refractivity contribution in [3.8, 4) is 0 Å². The zero-order valence-electron chi connectivity index (χ0n) is 15.1. The lowest BCUT2D eigenvalue weighted by Gasteiger charge is -2.18. The smallest absolute Gasteiger partial charge is 0.253 e. The lowest BCUT2D eigenvalue weighted by Crippen LogP contribution is -2.26. The van der Waals surface area contributed by atoms with Crippen LogP contribution in [0.4, 0.5) is 0 Å². The molecule has 1 aromatic carbocycles. The monoisotopic (exact) mass is 487 g/mol. The highest BCUT2D eigenvalue weighted by atomic mass is 127. The van der Waals surface area contributed by atoms with E-state index in [1.54, 1.807) is 11.9 Å². The van der Waals surface area contributed by atoms with Crippen molar-refractivity contribution < 1.29 is 13.2 Å². The van der Waals surface area contributed by atoms with E-state index in [0.717, 1.165) is 20.5 Å². The van der Waals surface area contributed by atoms with E-state index in [1.165, 1.54) is 0 Å². The minimum atomic E-state index is -2.97. The molecule has 3 rings (SSSR count). The van der Waals surface area contributed by atoms with Crippen molar-refractivity contribution in [2.24, 2.45) is 0 Å². The minimum absolute atomic E-state index is 0.0430. The number of halogens is 1. The van der Waals surface area contributed by atoms with Crippen LogP contribution in [-0.2, 0) is 16.4 Å². The summed E-state index contributed by atoms with van der Waals surface area (Å²) in [5.41, 5.74) is 3.42. The van der Waals surface area contributed by atoms with Gasteiger partial charge in [0.1, 0.15) is 0 Å². The SMILES string of the molecule is Cc1nn([C@H]2CCS(=O)(=O)C2)c(C)c1CN(C)C(=O)c1cccc(I)c1. The molecular formula is C18H22IN3O3S. The maximum Gasteiger partial charge on any atom is 0.253 e. The van der Waals surface area contributed by atoms with Gasteiger partial charge in [-0.25, -0.2) is 8.42 Å². The van der Waals surface area contributed by atoms with Crippen LogP contribution in [0.15, 0.2) is 24.3 Å². The first-order valence-electron chi connectivity index (χ1n) is 8.44. The van der Waals surface area contributed by atoms with Gasteiger partial charge in [-0.2, -0.15) is 5.10 Å². The van der Waals surface area contributed by atoms with E-state index >= 15 is 0 Å². The molecule has 0 unspecified atom stereocenters. The molecular weight excluding hydrogens is 465 g/mol. The van der Waals surface area contributed by atoms with Gasteiger partial charge in [0, 0.05) is 34.0 Å². The fourth-order valence-corrected chi connectivity index (χ4v) is 5.64. The number of carbonyl (C=O) groups excluding carboxylic acids is 1. The van der Waals surface area contributed by atoms with E-state index in [-0.39, 0.29) is 23.5 Å². The molecule has 2 aromatic rings. The molecule has 8 heteroatoms. The standard InChI is InChI=1S/C18H22IN3O3S/c1-12-17(10-21(3)18(23)14-5-4-6-15(19)9-14)13(2)22(20-12)16-7-8-26(24,25)11-16/h4-6,9,16H,7-8,10-11H2,1-3H3/t16-/m0/s1. The highest BCUT2D eigenvalue weighted by Gasteiger charge is 2.31. The molecule has 1 amide bonds. The van der Waals surface area contributed by atoms with Crippen LogP contribution in [0.3, 0.4) is 0 Å². The number of hydrogen-bond donors (Lipinski definition) is 0. The van der Waals surface area contributed by atoms with E-state index in [9.17, 15) is 13.2 Å². The van der Waals surface area contributed by atoms with Crippen LogP contribution in [0, 0.1) is 17.4 Å². The van der Waals surface area contributed by atoms with E-state index < -0.39 is 9.84 Å². The summed E-state index contributed by atoms with van der Waals surface area (Å²) >= 11 is 2.19. The second kappa shape index (κ2) is 7.30. The second-order valence-electron chi connectivity index (χ2n) is 6.82. The first-order chi connectivity index (χ1) is 12.2. The molecule has 6 nitrogen and oxygen atoms in total. The van der Waals surface area contributed by atoms with Crippen molar-refractivity contribution in [1.29, 1.82) is 0 Å². The van der Waals surface area contributed by atoms with Crippen LogP contribution in [0.1, 0.15) is 39.8 Å². The summed E-state index contributed by atoms with van der Waals surface area (Å²) in [5, 5.41) is 4.57. The number of sulfone groups is 1. The summed E-state index contributed by atoms with van der Waals surface area (Å²) in [7, 11) is -1.19. The first kappa shape index (κ1) is 19.3. The molecule has 0 N–H and O–H groups in total. The van der Waals surface area contributed by atoms with Crippen molar-refractivity contribution in [1.82, 2.24) is 14.7 Å². The molecule has 1 fully saturated rings. The number of amides is 1. The van der Waals surface area contributed by atoms with Crippen molar-refractivity contribution in [3.63, 3.8) is 0 Å². The van der Waals surface area contributed by atoms with Crippen LogP contribution in [0.5, 0.6) is 0 Å². The fraction of sp³-hybridized carbons (Fsp3) is 0.444. The number of rotatable bonds is 4. The van der Waals surface area contributed by atoms with Gasteiger partial charge < -0.3 is 4.90 Å². The van der Waals surface area contributed by atoms with Crippen molar-refractivity contribution in [3.05, 3.63) is 50.4 Å². The lowest BCUT2D eigenvalue weighted by atomic mass is 10.1. The Morgan fingerprint density at radius 3 is 2.73 bits per heavy atom. The molecule has 26 heavy (non-hydrogen) atoms. The van der Waals surface area contributed by atoms with E-state index in [2.05, 4.69) is 27.7 Å². The van der Waals surface area contributed by atoms with Gasteiger partial charge in [0.15, 0.2) is 9.84 Å². The Balaban J connectivity index is 1.81. The number of nitrogens with zero attached hydrogens (tertiary/aromatic N) is 3. The van der Waals surface area contributed by atoms with E-state index in [4.69, 9.17) is 0 Å². The predicted octanol–water partition coefficient (Wildman–Crippen LogP) is 2.74. The molecule has 0 radical (unpaired) electrons. The van der Waals surface area contributed by atoms with Gasteiger partial charge in [-0.05, 0) is 61.1 Å². The molecule has 1 saturated heterocycles. The number of hydrogen-bond acceptors (Lipinski definition) is 4. The molecule has 0 spiro atoms. The fourth-order valence-electron chi connectivity index (χ4n) is 3.40. The van der Waals surface area contributed by atoms with Gasteiger partial charge in [-0.3, -0.25) is 9.48 Å². The van der Waals surface area contributed by atoms with Crippen LogP contribution < -0.4 is 0 Å². The van der Waals surface area contributed by atoms with Gasteiger partial charge in [0.05, 0.1) is 23.2 Å². The quantitative estimate of drug-likeness (QED) is 0.622. The number of aromatic nitrogens is 2. The Kier molecular flexibility index (Phi) is 5.43. The molecule has 1 aliphatic rings. The Bertz CT molecular complexity index is 953. The highest BCUT2D eigenvalue weighted by molar-refractivity contribution is 14.1. The largest absolute Gasteiger partial charge is 0.337 e. The molecule has 0 saturated carbocycles. The molecule has 140 valence electrons. The normalized spacial score (nSPS) is 18.8. The summed E-state index contributed by atoms with van der Waals surface area (Å²) in [6.07, 6.45) is 0.598.